The smallest absolute Gasteiger partial charge is 0.307 e. The van der Waals surface area contributed by atoms with E-state index >= 15 is 0 Å². The summed E-state index contributed by atoms with van der Waals surface area (Å²) < 4.78 is 4.91. The zero-order chi connectivity index (χ0) is 11.3. The van der Waals surface area contributed by atoms with E-state index < -0.39 is 5.97 Å². The predicted octanol–water partition coefficient (Wildman–Crippen LogP) is 1.89. The monoisotopic (exact) mass is 208 g/mol. The third kappa shape index (κ3) is 3.34. The van der Waals surface area contributed by atoms with E-state index in [1.807, 2.05) is 0 Å². The summed E-state index contributed by atoms with van der Waals surface area (Å²) in [4.78, 5) is 10.3. The van der Waals surface area contributed by atoms with E-state index in [1.165, 1.54) is 19.3 Å². The third-order valence-electron chi connectivity index (χ3n) is 1.81. The number of carboxylic acids is 1. The number of aromatic hydroxyl groups is 1. The van der Waals surface area contributed by atoms with Gasteiger partial charge in [-0.2, -0.15) is 0 Å². The van der Waals surface area contributed by atoms with Crippen LogP contribution in [0.15, 0.2) is 24.3 Å². The summed E-state index contributed by atoms with van der Waals surface area (Å²) in [5.74, 6) is -0.447. The fourth-order valence-corrected chi connectivity index (χ4v) is 1.09. The highest BCUT2D eigenvalue weighted by atomic mass is 16.5. The molecule has 80 valence electrons. The normalized spacial score (nSPS) is 10.5. The summed E-state index contributed by atoms with van der Waals surface area (Å²) in [6.07, 6.45) is 3.17. The van der Waals surface area contributed by atoms with Gasteiger partial charge in [0.1, 0.15) is 0 Å². The number of carboxylic acid groups (broad SMARTS) is 1. The molecule has 0 bridgehead atoms. The molecule has 1 aromatic rings. The third-order valence-corrected chi connectivity index (χ3v) is 1.81. The molecule has 0 aliphatic rings. The van der Waals surface area contributed by atoms with Crippen LogP contribution in [0.25, 0.3) is 6.08 Å². The molecule has 0 aliphatic heterocycles. The number of ether oxygens (including phenoxy) is 1. The largest absolute Gasteiger partial charge is 0.504 e. The molecule has 0 saturated heterocycles. The summed E-state index contributed by atoms with van der Waals surface area (Å²) in [6, 6.07) is 4.81. The molecule has 1 rings (SSSR count). The van der Waals surface area contributed by atoms with E-state index in [-0.39, 0.29) is 12.2 Å². The lowest BCUT2D eigenvalue weighted by atomic mass is 10.2. The Bertz CT molecular complexity index is 382. The highest BCUT2D eigenvalue weighted by molar-refractivity contribution is 5.70. The first kappa shape index (κ1) is 11.1. The summed E-state index contributed by atoms with van der Waals surface area (Å²) in [5.41, 5.74) is 0.783. The Kier molecular flexibility index (Phi) is 3.74. The van der Waals surface area contributed by atoms with E-state index in [0.29, 0.717) is 5.75 Å². The molecule has 1 aromatic carbocycles. The standard InChI is InChI=1S/C11H12O4/c1-15-10-7-8(5-6-9(10)12)3-2-4-11(13)14/h2-3,5-7,12H,4H2,1H3,(H,13,14). The van der Waals surface area contributed by atoms with Crippen LogP contribution in [-0.4, -0.2) is 23.3 Å². The highest BCUT2D eigenvalue weighted by Gasteiger charge is 2.00. The fraction of sp³-hybridized carbons (Fsp3) is 0.182. The van der Waals surface area contributed by atoms with Gasteiger partial charge in [0.05, 0.1) is 13.5 Å². The van der Waals surface area contributed by atoms with Crippen molar-refractivity contribution >= 4 is 12.0 Å². The minimum Gasteiger partial charge on any atom is -0.504 e. The molecule has 0 aromatic heterocycles. The summed E-state index contributed by atoms with van der Waals surface area (Å²) >= 11 is 0. The van der Waals surface area contributed by atoms with Gasteiger partial charge >= 0.3 is 5.97 Å². The Morgan fingerprint density at radius 2 is 2.27 bits per heavy atom. The van der Waals surface area contributed by atoms with Crippen molar-refractivity contribution in [2.75, 3.05) is 7.11 Å². The molecule has 0 saturated carbocycles. The van der Waals surface area contributed by atoms with Gasteiger partial charge in [-0.25, -0.2) is 0 Å². The van der Waals surface area contributed by atoms with E-state index in [2.05, 4.69) is 0 Å². The van der Waals surface area contributed by atoms with Crippen LogP contribution in [0.5, 0.6) is 11.5 Å². The summed E-state index contributed by atoms with van der Waals surface area (Å²) in [5, 5.41) is 17.7. The van der Waals surface area contributed by atoms with Gasteiger partial charge < -0.3 is 14.9 Å². The topological polar surface area (TPSA) is 66.8 Å². The van der Waals surface area contributed by atoms with Crippen LogP contribution >= 0.6 is 0 Å². The zero-order valence-electron chi connectivity index (χ0n) is 8.30. The molecule has 15 heavy (non-hydrogen) atoms. The van der Waals surface area contributed by atoms with Gasteiger partial charge in [-0.15, -0.1) is 0 Å². The molecular formula is C11H12O4. The Morgan fingerprint density at radius 3 is 2.87 bits per heavy atom. The molecule has 0 amide bonds. The van der Waals surface area contributed by atoms with Gasteiger partial charge in [0.2, 0.25) is 0 Å². The van der Waals surface area contributed by atoms with E-state index in [1.54, 1.807) is 18.2 Å². The number of carbonyl (C=O) groups is 1. The van der Waals surface area contributed by atoms with Crippen LogP contribution in [0, 0.1) is 0 Å². The van der Waals surface area contributed by atoms with E-state index in [0.717, 1.165) is 5.56 Å². The van der Waals surface area contributed by atoms with Crippen molar-refractivity contribution < 1.29 is 19.7 Å². The average molecular weight is 208 g/mol. The number of aliphatic carboxylic acids is 1. The van der Waals surface area contributed by atoms with Crippen molar-refractivity contribution in [3.8, 4) is 11.5 Å². The number of hydrogen-bond acceptors (Lipinski definition) is 3. The number of rotatable bonds is 4. The maximum Gasteiger partial charge on any atom is 0.307 e. The average Bonchev–Trinajstić information content (AvgIpc) is 2.20. The highest BCUT2D eigenvalue weighted by Crippen LogP contribution is 2.26. The molecule has 4 heteroatoms. The number of benzene rings is 1. The van der Waals surface area contributed by atoms with Crippen LogP contribution in [0.4, 0.5) is 0 Å². The zero-order valence-corrected chi connectivity index (χ0v) is 8.30. The number of phenolic OH excluding ortho intramolecular Hbond substituents is 1. The first-order valence-corrected chi connectivity index (χ1v) is 4.39. The summed E-state index contributed by atoms with van der Waals surface area (Å²) in [6.45, 7) is 0. The second-order valence-electron chi connectivity index (χ2n) is 2.93. The molecule has 4 nitrogen and oxygen atoms in total. The van der Waals surface area contributed by atoms with Crippen molar-refractivity contribution in [2.24, 2.45) is 0 Å². The van der Waals surface area contributed by atoms with Crippen LogP contribution in [0.2, 0.25) is 0 Å². The molecular weight excluding hydrogens is 196 g/mol. The van der Waals surface area contributed by atoms with Crippen LogP contribution in [0.3, 0.4) is 0 Å². The Hall–Kier alpha value is -1.97. The van der Waals surface area contributed by atoms with Gasteiger partial charge in [-0.1, -0.05) is 18.2 Å². The maximum absolute atomic E-state index is 10.3. The fourth-order valence-electron chi connectivity index (χ4n) is 1.09. The Morgan fingerprint density at radius 1 is 1.53 bits per heavy atom. The number of phenols is 1. The Labute approximate surface area is 87.4 Å². The second-order valence-corrected chi connectivity index (χ2v) is 2.93. The van der Waals surface area contributed by atoms with Crippen molar-refractivity contribution in [2.45, 2.75) is 6.42 Å². The number of methoxy groups -OCH3 is 1. The van der Waals surface area contributed by atoms with Crippen molar-refractivity contribution in [3.05, 3.63) is 29.8 Å². The van der Waals surface area contributed by atoms with Gasteiger partial charge in [0.25, 0.3) is 0 Å². The summed E-state index contributed by atoms with van der Waals surface area (Å²) in [7, 11) is 1.46. The minimum absolute atomic E-state index is 0.0246. The van der Waals surface area contributed by atoms with E-state index in [9.17, 15) is 9.90 Å². The van der Waals surface area contributed by atoms with Crippen LogP contribution in [0.1, 0.15) is 12.0 Å². The molecule has 0 fully saturated rings. The molecule has 2 N–H and O–H groups in total. The molecule has 0 unspecified atom stereocenters. The van der Waals surface area contributed by atoms with Crippen molar-refractivity contribution in [3.63, 3.8) is 0 Å². The molecule has 0 aliphatic carbocycles. The van der Waals surface area contributed by atoms with Gasteiger partial charge in [0, 0.05) is 0 Å². The quantitative estimate of drug-likeness (QED) is 0.792. The molecule has 0 atom stereocenters. The predicted molar refractivity (Wildman–Crippen MR) is 55.9 cm³/mol. The maximum atomic E-state index is 10.3. The van der Waals surface area contributed by atoms with Crippen LogP contribution in [-0.2, 0) is 4.79 Å². The lowest BCUT2D eigenvalue weighted by Crippen LogP contribution is -1.89. The van der Waals surface area contributed by atoms with Gasteiger partial charge in [-0.05, 0) is 17.7 Å². The van der Waals surface area contributed by atoms with Gasteiger partial charge in [-0.3, -0.25) is 4.79 Å². The minimum atomic E-state index is -0.878. The van der Waals surface area contributed by atoms with Crippen molar-refractivity contribution in [1.29, 1.82) is 0 Å². The lowest BCUT2D eigenvalue weighted by Gasteiger charge is -2.03. The molecule has 0 heterocycles. The van der Waals surface area contributed by atoms with Crippen molar-refractivity contribution in [1.82, 2.24) is 0 Å². The lowest BCUT2D eigenvalue weighted by molar-refractivity contribution is -0.135. The SMILES string of the molecule is COc1cc(C=CCC(=O)O)ccc1O. The Balaban J connectivity index is 2.78. The molecule has 0 spiro atoms. The number of hydrogen-bond donors (Lipinski definition) is 2. The first-order valence-electron chi connectivity index (χ1n) is 4.39. The molecule has 0 radical (unpaired) electrons. The van der Waals surface area contributed by atoms with Gasteiger partial charge in [0.15, 0.2) is 11.5 Å². The first-order chi connectivity index (χ1) is 7.13. The van der Waals surface area contributed by atoms with E-state index in [4.69, 9.17) is 9.84 Å². The second kappa shape index (κ2) is 5.05. The van der Waals surface area contributed by atoms with Crippen LogP contribution < -0.4 is 4.74 Å².